The van der Waals surface area contributed by atoms with Crippen LogP contribution in [-0.4, -0.2) is 54.0 Å². The van der Waals surface area contributed by atoms with Gasteiger partial charge >= 0.3 is 0 Å². The van der Waals surface area contributed by atoms with E-state index in [2.05, 4.69) is 32.1 Å². The third kappa shape index (κ3) is 4.67. The van der Waals surface area contributed by atoms with Crippen molar-refractivity contribution in [3.8, 4) is 0 Å². The molecule has 2 heterocycles. The standard InChI is InChI=1S/C18H22ClN5O/c1-13-11-16(17(25)20-12-14-3-5-15(19)6-4-14)22-18(21-13)24-9-7-23(2)8-10-24/h3-6,11H,7-10,12H2,1-2H3,(H,20,25). The summed E-state index contributed by atoms with van der Waals surface area (Å²) in [5, 5.41) is 3.58. The summed E-state index contributed by atoms with van der Waals surface area (Å²) in [4.78, 5) is 25.8. The van der Waals surface area contributed by atoms with Gasteiger partial charge in [-0.15, -0.1) is 0 Å². The molecule has 0 atom stereocenters. The summed E-state index contributed by atoms with van der Waals surface area (Å²) >= 11 is 5.88. The molecule has 25 heavy (non-hydrogen) atoms. The van der Waals surface area contributed by atoms with E-state index in [0.717, 1.165) is 37.4 Å². The molecule has 2 aromatic rings. The van der Waals surface area contributed by atoms with Gasteiger partial charge in [0.2, 0.25) is 5.95 Å². The number of likely N-dealkylation sites (N-methyl/N-ethyl adjacent to an activating group) is 1. The van der Waals surface area contributed by atoms with Crippen LogP contribution in [0.3, 0.4) is 0 Å². The topological polar surface area (TPSA) is 61.4 Å². The van der Waals surface area contributed by atoms with Crippen molar-refractivity contribution < 1.29 is 4.79 Å². The van der Waals surface area contributed by atoms with E-state index in [-0.39, 0.29) is 5.91 Å². The Morgan fingerprint density at radius 2 is 1.84 bits per heavy atom. The number of piperazine rings is 1. The number of nitrogens with zero attached hydrogens (tertiary/aromatic N) is 4. The fourth-order valence-electron chi connectivity index (χ4n) is 2.69. The number of nitrogens with one attached hydrogen (secondary N) is 1. The lowest BCUT2D eigenvalue weighted by Gasteiger charge is -2.32. The third-order valence-electron chi connectivity index (χ3n) is 4.23. The van der Waals surface area contributed by atoms with Crippen molar-refractivity contribution >= 4 is 23.5 Å². The Morgan fingerprint density at radius 1 is 1.16 bits per heavy atom. The van der Waals surface area contributed by atoms with E-state index in [1.165, 1.54) is 0 Å². The van der Waals surface area contributed by atoms with E-state index >= 15 is 0 Å². The summed E-state index contributed by atoms with van der Waals surface area (Å²) in [6.07, 6.45) is 0. The van der Waals surface area contributed by atoms with Crippen molar-refractivity contribution in [1.82, 2.24) is 20.2 Å². The fraction of sp³-hybridized carbons (Fsp3) is 0.389. The molecular weight excluding hydrogens is 338 g/mol. The third-order valence-corrected chi connectivity index (χ3v) is 4.48. The molecule has 0 spiro atoms. The first-order chi connectivity index (χ1) is 12.0. The van der Waals surface area contributed by atoms with E-state index < -0.39 is 0 Å². The van der Waals surface area contributed by atoms with Gasteiger partial charge < -0.3 is 15.1 Å². The zero-order valence-electron chi connectivity index (χ0n) is 14.5. The molecule has 1 fully saturated rings. The zero-order valence-corrected chi connectivity index (χ0v) is 15.3. The number of hydrogen-bond acceptors (Lipinski definition) is 5. The summed E-state index contributed by atoms with van der Waals surface area (Å²) in [5.74, 6) is 0.431. The molecule has 3 rings (SSSR count). The van der Waals surface area contributed by atoms with E-state index in [9.17, 15) is 4.79 Å². The van der Waals surface area contributed by atoms with Gasteiger partial charge in [0.1, 0.15) is 5.69 Å². The predicted molar refractivity (Wildman–Crippen MR) is 99.1 cm³/mol. The minimum Gasteiger partial charge on any atom is -0.347 e. The lowest BCUT2D eigenvalue weighted by Crippen LogP contribution is -2.45. The van der Waals surface area contributed by atoms with Gasteiger partial charge in [0.25, 0.3) is 5.91 Å². The Bertz CT molecular complexity index is 742. The molecule has 0 radical (unpaired) electrons. The maximum Gasteiger partial charge on any atom is 0.270 e. The van der Waals surface area contributed by atoms with Crippen molar-refractivity contribution in [3.63, 3.8) is 0 Å². The second-order valence-electron chi connectivity index (χ2n) is 6.29. The Morgan fingerprint density at radius 3 is 2.52 bits per heavy atom. The number of hydrogen-bond donors (Lipinski definition) is 1. The smallest absolute Gasteiger partial charge is 0.270 e. The van der Waals surface area contributed by atoms with Crippen LogP contribution in [0.1, 0.15) is 21.7 Å². The summed E-state index contributed by atoms with van der Waals surface area (Å²) in [7, 11) is 2.10. The summed E-state index contributed by atoms with van der Waals surface area (Å²) in [6, 6.07) is 9.12. The van der Waals surface area contributed by atoms with Crippen LogP contribution < -0.4 is 10.2 Å². The molecule has 0 bridgehead atoms. The lowest BCUT2D eigenvalue weighted by atomic mass is 10.2. The highest BCUT2D eigenvalue weighted by Crippen LogP contribution is 2.13. The van der Waals surface area contributed by atoms with Crippen LogP contribution in [0.5, 0.6) is 0 Å². The highest BCUT2D eigenvalue weighted by Gasteiger charge is 2.19. The van der Waals surface area contributed by atoms with Crippen molar-refractivity contribution in [2.45, 2.75) is 13.5 Å². The van der Waals surface area contributed by atoms with Gasteiger partial charge in [-0.1, -0.05) is 23.7 Å². The average molecular weight is 360 g/mol. The number of benzene rings is 1. The first-order valence-corrected chi connectivity index (χ1v) is 8.71. The summed E-state index contributed by atoms with van der Waals surface area (Å²) in [6.45, 7) is 5.99. The van der Waals surface area contributed by atoms with Gasteiger partial charge in [-0.25, -0.2) is 9.97 Å². The minimum absolute atomic E-state index is 0.198. The molecule has 132 valence electrons. The summed E-state index contributed by atoms with van der Waals surface area (Å²) in [5.41, 5.74) is 2.18. The van der Waals surface area contributed by atoms with Gasteiger partial charge in [-0.2, -0.15) is 0 Å². The van der Waals surface area contributed by atoms with Crippen molar-refractivity contribution in [2.24, 2.45) is 0 Å². The largest absolute Gasteiger partial charge is 0.347 e. The van der Waals surface area contributed by atoms with Crippen LogP contribution in [0.4, 0.5) is 5.95 Å². The van der Waals surface area contributed by atoms with Crippen molar-refractivity contribution in [3.05, 3.63) is 52.3 Å². The molecule has 7 heteroatoms. The summed E-state index contributed by atoms with van der Waals surface area (Å²) < 4.78 is 0. The maximum absolute atomic E-state index is 12.5. The average Bonchev–Trinajstić information content (AvgIpc) is 2.61. The molecule has 1 aliphatic rings. The Kier molecular flexibility index (Phi) is 5.50. The number of halogens is 1. The Hall–Kier alpha value is -2.18. The van der Waals surface area contributed by atoms with Gasteiger partial charge in [-0.05, 0) is 37.7 Å². The van der Waals surface area contributed by atoms with Gasteiger partial charge in [-0.3, -0.25) is 4.79 Å². The fourth-order valence-corrected chi connectivity index (χ4v) is 2.82. The van der Waals surface area contributed by atoms with Crippen LogP contribution >= 0.6 is 11.6 Å². The van der Waals surface area contributed by atoms with Crippen LogP contribution in [0, 0.1) is 6.92 Å². The molecule has 1 N–H and O–H groups in total. The molecule has 1 saturated heterocycles. The SMILES string of the molecule is Cc1cc(C(=O)NCc2ccc(Cl)cc2)nc(N2CCN(C)CC2)n1. The van der Waals surface area contributed by atoms with E-state index in [1.54, 1.807) is 6.07 Å². The van der Waals surface area contributed by atoms with Gasteiger partial charge in [0, 0.05) is 43.4 Å². The van der Waals surface area contributed by atoms with Gasteiger partial charge in [0.05, 0.1) is 0 Å². The number of anilines is 1. The van der Waals surface area contributed by atoms with Crippen LogP contribution in [0.2, 0.25) is 5.02 Å². The predicted octanol–water partition coefficient (Wildman–Crippen LogP) is 2.12. The Balaban J connectivity index is 1.68. The molecule has 0 unspecified atom stereocenters. The zero-order chi connectivity index (χ0) is 17.8. The van der Waals surface area contributed by atoms with E-state index in [1.807, 2.05) is 31.2 Å². The number of amides is 1. The number of aryl methyl sites for hydroxylation is 1. The van der Waals surface area contributed by atoms with Crippen LogP contribution in [0.15, 0.2) is 30.3 Å². The number of carbonyl (C=O) groups excluding carboxylic acids is 1. The number of carbonyl (C=O) groups is 1. The van der Waals surface area contributed by atoms with Gasteiger partial charge in [0.15, 0.2) is 0 Å². The number of rotatable bonds is 4. The second-order valence-corrected chi connectivity index (χ2v) is 6.73. The van der Waals surface area contributed by atoms with Crippen molar-refractivity contribution in [1.29, 1.82) is 0 Å². The van der Waals surface area contributed by atoms with Crippen molar-refractivity contribution in [2.75, 3.05) is 38.1 Å². The van der Waals surface area contributed by atoms with E-state index in [4.69, 9.17) is 11.6 Å². The first kappa shape index (κ1) is 17.6. The molecule has 1 aromatic heterocycles. The minimum atomic E-state index is -0.198. The lowest BCUT2D eigenvalue weighted by molar-refractivity contribution is 0.0945. The molecule has 6 nitrogen and oxygen atoms in total. The van der Waals surface area contributed by atoms with Crippen LogP contribution in [-0.2, 0) is 6.54 Å². The normalized spacial score (nSPS) is 15.2. The molecule has 0 aliphatic carbocycles. The maximum atomic E-state index is 12.5. The van der Waals surface area contributed by atoms with E-state index in [0.29, 0.717) is 23.2 Å². The first-order valence-electron chi connectivity index (χ1n) is 8.33. The highest BCUT2D eigenvalue weighted by molar-refractivity contribution is 6.30. The molecule has 1 aromatic carbocycles. The second kappa shape index (κ2) is 7.80. The molecular formula is C18H22ClN5O. The highest BCUT2D eigenvalue weighted by atomic mass is 35.5. The van der Waals surface area contributed by atoms with Crippen LogP contribution in [0.25, 0.3) is 0 Å². The molecule has 1 aliphatic heterocycles. The monoisotopic (exact) mass is 359 g/mol. The molecule has 0 saturated carbocycles. The molecule has 1 amide bonds. The quantitative estimate of drug-likeness (QED) is 0.906. The number of aromatic nitrogens is 2. The Labute approximate surface area is 152 Å².